The summed E-state index contributed by atoms with van der Waals surface area (Å²) in [6, 6.07) is 16.6. The molecular formula is C24H29ClO3. The van der Waals surface area contributed by atoms with Gasteiger partial charge in [0.05, 0.1) is 6.10 Å². The standard InChI is InChI=1S/C24H29ClO3/c25-21-13-15-22(16-14-21)28-23-7-3-2-6-20(17-23)19-11-9-18(10-12-19)5-1-4-8-24(26)27/h9-16,20,23H,1-8,17H2,(H,26,27). The molecule has 2 aromatic rings. The first-order valence-corrected chi connectivity index (χ1v) is 10.7. The van der Waals surface area contributed by atoms with Crippen LogP contribution in [0.3, 0.4) is 0 Å². The molecule has 0 heterocycles. The molecule has 0 radical (unpaired) electrons. The van der Waals surface area contributed by atoms with E-state index in [2.05, 4.69) is 24.3 Å². The van der Waals surface area contributed by atoms with E-state index >= 15 is 0 Å². The van der Waals surface area contributed by atoms with Gasteiger partial charge in [0.15, 0.2) is 0 Å². The van der Waals surface area contributed by atoms with Crippen molar-refractivity contribution in [3.63, 3.8) is 0 Å². The molecule has 2 unspecified atom stereocenters. The van der Waals surface area contributed by atoms with Gasteiger partial charge in [-0.2, -0.15) is 0 Å². The number of hydrogen-bond donors (Lipinski definition) is 1. The number of carboxylic acid groups (broad SMARTS) is 1. The highest BCUT2D eigenvalue weighted by molar-refractivity contribution is 6.30. The summed E-state index contributed by atoms with van der Waals surface area (Å²) < 4.78 is 6.24. The van der Waals surface area contributed by atoms with Crippen LogP contribution in [0.15, 0.2) is 48.5 Å². The molecule has 4 heteroatoms. The summed E-state index contributed by atoms with van der Waals surface area (Å²) in [6.45, 7) is 0. The van der Waals surface area contributed by atoms with Gasteiger partial charge in [0, 0.05) is 11.4 Å². The molecule has 1 aliphatic rings. The zero-order valence-electron chi connectivity index (χ0n) is 16.3. The Labute approximate surface area is 172 Å². The molecule has 3 nitrogen and oxygen atoms in total. The van der Waals surface area contributed by atoms with Gasteiger partial charge in [-0.15, -0.1) is 0 Å². The maximum absolute atomic E-state index is 10.6. The topological polar surface area (TPSA) is 46.5 Å². The average Bonchev–Trinajstić information content (AvgIpc) is 2.93. The monoisotopic (exact) mass is 400 g/mol. The van der Waals surface area contributed by atoms with E-state index in [0.717, 1.165) is 42.9 Å². The predicted molar refractivity (Wildman–Crippen MR) is 113 cm³/mol. The molecule has 0 bridgehead atoms. The van der Waals surface area contributed by atoms with Crippen LogP contribution in [0, 0.1) is 0 Å². The number of ether oxygens (including phenoxy) is 1. The normalized spacial score (nSPS) is 19.8. The Morgan fingerprint density at radius 2 is 1.71 bits per heavy atom. The zero-order valence-corrected chi connectivity index (χ0v) is 17.0. The largest absolute Gasteiger partial charge is 0.490 e. The van der Waals surface area contributed by atoms with E-state index in [4.69, 9.17) is 21.4 Å². The van der Waals surface area contributed by atoms with Gasteiger partial charge in [0.1, 0.15) is 5.75 Å². The van der Waals surface area contributed by atoms with Crippen LogP contribution in [0.1, 0.15) is 68.4 Å². The van der Waals surface area contributed by atoms with Gasteiger partial charge in [-0.25, -0.2) is 0 Å². The van der Waals surface area contributed by atoms with Gasteiger partial charge in [0.25, 0.3) is 0 Å². The minimum atomic E-state index is -0.709. The van der Waals surface area contributed by atoms with Gasteiger partial charge >= 0.3 is 5.97 Å². The lowest BCUT2D eigenvalue weighted by molar-refractivity contribution is -0.137. The van der Waals surface area contributed by atoms with Crippen molar-refractivity contribution in [3.8, 4) is 5.75 Å². The van der Waals surface area contributed by atoms with Crippen LogP contribution >= 0.6 is 11.6 Å². The van der Waals surface area contributed by atoms with Crippen LogP contribution in [0.5, 0.6) is 5.75 Å². The van der Waals surface area contributed by atoms with Crippen molar-refractivity contribution in [2.75, 3.05) is 0 Å². The summed E-state index contributed by atoms with van der Waals surface area (Å²) in [6.07, 6.45) is 8.90. The number of halogens is 1. The van der Waals surface area contributed by atoms with Gasteiger partial charge in [0.2, 0.25) is 0 Å². The quantitative estimate of drug-likeness (QED) is 0.399. The third kappa shape index (κ3) is 6.56. The second-order valence-corrected chi connectivity index (χ2v) is 8.19. The van der Waals surface area contributed by atoms with E-state index in [1.54, 1.807) is 0 Å². The van der Waals surface area contributed by atoms with Crippen molar-refractivity contribution in [2.45, 2.75) is 69.8 Å². The van der Waals surface area contributed by atoms with Gasteiger partial charge in [-0.1, -0.05) is 42.3 Å². The highest BCUT2D eigenvalue weighted by Crippen LogP contribution is 2.34. The molecule has 2 atom stereocenters. The number of rotatable bonds is 8. The fourth-order valence-corrected chi connectivity index (χ4v) is 4.12. The summed E-state index contributed by atoms with van der Waals surface area (Å²) in [5.74, 6) is 0.715. The number of hydrogen-bond acceptors (Lipinski definition) is 2. The molecule has 0 spiro atoms. The van der Waals surface area contributed by atoms with E-state index in [-0.39, 0.29) is 12.5 Å². The maximum atomic E-state index is 10.6. The molecule has 1 saturated carbocycles. The Bertz CT molecular complexity index is 739. The molecule has 1 aliphatic carbocycles. The Morgan fingerprint density at radius 1 is 1.00 bits per heavy atom. The van der Waals surface area contributed by atoms with Crippen LogP contribution in [0.2, 0.25) is 5.02 Å². The number of aliphatic carboxylic acids is 1. The Hall–Kier alpha value is -2.00. The number of aryl methyl sites for hydroxylation is 1. The Kier molecular flexibility index (Phi) is 7.79. The number of benzene rings is 2. The highest BCUT2D eigenvalue weighted by atomic mass is 35.5. The van der Waals surface area contributed by atoms with Crippen molar-refractivity contribution >= 4 is 17.6 Å². The molecule has 1 N–H and O–H groups in total. The van der Waals surface area contributed by atoms with Crippen LogP contribution in [-0.4, -0.2) is 17.2 Å². The van der Waals surface area contributed by atoms with Crippen molar-refractivity contribution in [3.05, 3.63) is 64.7 Å². The SMILES string of the molecule is O=C(O)CCCCc1ccc(C2CCCCC(Oc3ccc(Cl)cc3)C2)cc1. The first kappa shape index (κ1) is 20.7. The van der Waals surface area contributed by atoms with Crippen molar-refractivity contribution < 1.29 is 14.6 Å². The molecular weight excluding hydrogens is 372 g/mol. The first-order valence-electron chi connectivity index (χ1n) is 10.3. The summed E-state index contributed by atoms with van der Waals surface area (Å²) in [5.41, 5.74) is 2.68. The molecule has 1 fully saturated rings. The third-order valence-electron chi connectivity index (χ3n) is 5.55. The first-order chi connectivity index (χ1) is 13.6. The van der Waals surface area contributed by atoms with Gasteiger partial charge in [-0.05, 0) is 86.3 Å². The zero-order chi connectivity index (χ0) is 19.8. The minimum absolute atomic E-state index is 0.240. The van der Waals surface area contributed by atoms with Crippen LogP contribution < -0.4 is 4.74 Å². The number of carbonyl (C=O) groups is 1. The number of carboxylic acids is 1. The molecule has 150 valence electrons. The minimum Gasteiger partial charge on any atom is -0.490 e. The Balaban J connectivity index is 1.55. The van der Waals surface area contributed by atoms with Crippen molar-refractivity contribution in [1.29, 1.82) is 0 Å². The van der Waals surface area contributed by atoms with Crippen LogP contribution in [0.25, 0.3) is 0 Å². The fourth-order valence-electron chi connectivity index (χ4n) is 3.99. The summed E-state index contributed by atoms with van der Waals surface area (Å²) >= 11 is 5.97. The molecule has 28 heavy (non-hydrogen) atoms. The highest BCUT2D eigenvalue weighted by Gasteiger charge is 2.23. The van der Waals surface area contributed by atoms with Gasteiger partial charge < -0.3 is 9.84 Å². The molecule has 2 aromatic carbocycles. The third-order valence-corrected chi connectivity index (χ3v) is 5.80. The molecule has 0 aliphatic heterocycles. The summed E-state index contributed by atoms with van der Waals surface area (Å²) in [5, 5.41) is 9.46. The fraction of sp³-hybridized carbons (Fsp3) is 0.458. The van der Waals surface area contributed by atoms with Crippen molar-refractivity contribution in [2.24, 2.45) is 0 Å². The maximum Gasteiger partial charge on any atom is 0.303 e. The summed E-state index contributed by atoms with van der Waals surface area (Å²) in [4.78, 5) is 10.6. The van der Waals surface area contributed by atoms with Crippen LogP contribution in [0.4, 0.5) is 0 Å². The van der Waals surface area contributed by atoms with Crippen molar-refractivity contribution in [1.82, 2.24) is 0 Å². The lowest BCUT2D eigenvalue weighted by Crippen LogP contribution is -2.18. The molecule has 3 rings (SSSR count). The smallest absolute Gasteiger partial charge is 0.303 e. The van der Waals surface area contributed by atoms with E-state index in [0.29, 0.717) is 5.92 Å². The average molecular weight is 401 g/mol. The van der Waals surface area contributed by atoms with E-state index in [1.165, 1.54) is 30.4 Å². The Morgan fingerprint density at radius 3 is 2.43 bits per heavy atom. The number of unbranched alkanes of at least 4 members (excludes halogenated alkanes) is 1. The molecule has 0 aromatic heterocycles. The predicted octanol–water partition coefficient (Wildman–Crippen LogP) is 6.63. The molecule has 0 amide bonds. The van der Waals surface area contributed by atoms with E-state index < -0.39 is 5.97 Å². The van der Waals surface area contributed by atoms with Crippen LogP contribution in [-0.2, 0) is 11.2 Å². The van der Waals surface area contributed by atoms with E-state index in [9.17, 15) is 4.79 Å². The lowest BCUT2D eigenvalue weighted by atomic mass is 9.90. The van der Waals surface area contributed by atoms with Gasteiger partial charge in [-0.3, -0.25) is 4.79 Å². The lowest BCUT2D eigenvalue weighted by Gasteiger charge is -2.22. The summed E-state index contributed by atoms with van der Waals surface area (Å²) in [7, 11) is 0. The second-order valence-electron chi connectivity index (χ2n) is 7.75. The molecule has 0 saturated heterocycles. The second kappa shape index (κ2) is 10.5. The van der Waals surface area contributed by atoms with E-state index in [1.807, 2.05) is 24.3 Å².